The molecule has 1 aliphatic carbocycles. The van der Waals surface area contributed by atoms with Crippen molar-refractivity contribution in [3.8, 4) is 17.2 Å². The zero-order chi connectivity index (χ0) is 28.2. The summed E-state index contributed by atoms with van der Waals surface area (Å²) < 4.78 is 14.9. The summed E-state index contributed by atoms with van der Waals surface area (Å²) in [6.45, 7) is 2.40. The van der Waals surface area contributed by atoms with Gasteiger partial charge in [0, 0.05) is 18.0 Å². The molecule has 0 radical (unpaired) electrons. The van der Waals surface area contributed by atoms with Gasteiger partial charge in [0.25, 0.3) is 5.56 Å². The van der Waals surface area contributed by atoms with Crippen LogP contribution >= 0.6 is 0 Å². The summed E-state index contributed by atoms with van der Waals surface area (Å²) in [4.78, 5) is 18.7. The molecule has 0 atom stereocenters. The van der Waals surface area contributed by atoms with Crippen LogP contribution in [-0.4, -0.2) is 35.5 Å². The molecule has 0 saturated heterocycles. The summed E-state index contributed by atoms with van der Waals surface area (Å²) in [6.07, 6.45) is 8.27. The largest absolute Gasteiger partial charge is 0.425 e. The first kappa shape index (κ1) is 26.6. The second-order valence-corrected chi connectivity index (χ2v) is 10.4. The number of hydrogen-bond donors (Lipinski definition) is 0. The lowest BCUT2D eigenvalue weighted by Gasteiger charge is -2.30. The molecule has 10 nitrogen and oxygen atoms in total. The van der Waals surface area contributed by atoms with Crippen LogP contribution in [0.4, 0.5) is 0 Å². The van der Waals surface area contributed by atoms with Gasteiger partial charge in [-0.25, -0.2) is 4.52 Å². The average Bonchev–Trinajstić information content (AvgIpc) is 3.72. The van der Waals surface area contributed by atoms with Gasteiger partial charge >= 0.3 is 0 Å². The Hall–Kier alpha value is -4.62. The highest BCUT2D eigenvalue weighted by molar-refractivity contribution is 5.70. The quantitative estimate of drug-likeness (QED) is 0.250. The van der Waals surface area contributed by atoms with Crippen LogP contribution in [0.1, 0.15) is 73.3 Å². The molecule has 3 heterocycles. The SMILES string of the molecule is CCCc1c(Cc2ccc(-c3ccccc3C#N)cc2)c(=O)n([C@H]2CC[C@H](OCc3nnco3)CC2)c2ncnn12. The van der Waals surface area contributed by atoms with Crippen molar-refractivity contribution in [3.63, 3.8) is 0 Å². The van der Waals surface area contributed by atoms with E-state index in [-0.39, 0.29) is 17.7 Å². The van der Waals surface area contributed by atoms with E-state index in [1.807, 2.05) is 57.6 Å². The van der Waals surface area contributed by atoms with Crippen LogP contribution < -0.4 is 5.56 Å². The first-order chi connectivity index (χ1) is 20.2. The van der Waals surface area contributed by atoms with Gasteiger partial charge in [0.2, 0.25) is 18.1 Å². The van der Waals surface area contributed by atoms with E-state index in [1.54, 1.807) is 0 Å². The summed E-state index contributed by atoms with van der Waals surface area (Å²) in [5.41, 5.74) is 5.21. The lowest BCUT2D eigenvalue weighted by Crippen LogP contribution is -2.35. The number of aryl methyl sites for hydroxylation is 1. The van der Waals surface area contributed by atoms with Gasteiger partial charge in [-0.15, -0.1) is 10.2 Å². The van der Waals surface area contributed by atoms with E-state index >= 15 is 0 Å². The molecule has 0 aliphatic heterocycles. The van der Waals surface area contributed by atoms with Crippen LogP contribution in [0.15, 0.2) is 70.5 Å². The molecule has 0 bridgehead atoms. The molecule has 10 heteroatoms. The zero-order valence-electron chi connectivity index (χ0n) is 22.9. The Bertz CT molecular complexity index is 1720. The molecule has 1 aliphatic rings. The maximum absolute atomic E-state index is 14.2. The van der Waals surface area contributed by atoms with Crippen LogP contribution in [0.5, 0.6) is 0 Å². The van der Waals surface area contributed by atoms with Crippen LogP contribution in [0.25, 0.3) is 16.9 Å². The molecule has 0 unspecified atom stereocenters. The van der Waals surface area contributed by atoms with Crippen LogP contribution in [0.3, 0.4) is 0 Å². The fraction of sp³-hybridized carbons (Fsp3) is 0.355. The first-order valence-electron chi connectivity index (χ1n) is 14.1. The zero-order valence-corrected chi connectivity index (χ0v) is 22.9. The second kappa shape index (κ2) is 11.9. The first-order valence-corrected chi connectivity index (χ1v) is 14.1. The van der Waals surface area contributed by atoms with Gasteiger partial charge in [-0.2, -0.15) is 15.3 Å². The maximum atomic E-state index is 14.2. The number of benzene rings is 2. The van der Waals surface area contributed by atoms with Gasteiger partial charge in [-0.05, 0) is 54.9 Å². The van der Waals surface area contributed by atoms with Crippen molar-refractivity contribution in [1.82, 2.24) is 29.4 Å². The van der Waals surface area contributed by atoms with E-state index < -0.39 is 0 Å². The molecule has 41 heavy (non-hydrogen) atoms. The molecule has 0 N–H and O–H groups in total. The fourth-order valence-electron chi connectivity index (χ4n) is 5.83. The third-order valence-corrected chi connectivity index (χ3v) is 7.86. The number of nitrogens with zero attached hydrogens (tertiary/aromatic N) is 7. The maximum Gasteiger partial charge on any atom is 0.259 e. The molecule has 0 amide bonds. The number of nitriles is 1. The van der Waals surface area contributed by atoms with E-state index in [0.717, 1.165) is 66.5 Å². The van der Waals surface area contributed by atoms with Crippen molar-refractivity contribution in [2.24, 2.45) is 0 Å². The minimum atomic E-state index is 0.00285. The van der Waals surface area contributed by atoms with Gasteiger partial charge in [0.15, 0.2) is 0 Å². The lowest BCUT2D eigenvalue weighted by molar-refractivity contribution is -0.00110. The molecule has 1 fully saturated rings. The Morgan fingerprint density at radius 3 is 2.63 bits per heavy atom. The van der Waals surface area contributed by atoms with E-state index in [1.165, 1.54) is 12.7 Å². The predicted octanol–water partition coefficient (Wildman–Crippen LogP) is 5.06. The van der Waals surface area contributed by atoms with Crippen molar-refractivity contribution < 1.29 is 9.15 Å². The van der Waals surface area contributed by atoms with E-state index in [0.29, 0.717) is 30.3 Å². The number of ether oxygens (including phenoxy) is 1. The number of hydrogen-bond acceptors (Lipinski definition) is 8. The Balaban J connectivity index is 1.28. The highest BCUT2D eigenvalue weighted by Gasteiger charge is 2.28. The number of rotatable bonds is 9. The summed E-state index contributed by atoms with van der Waals surface area (Å²) in [7, 11) is 0. The molecule has 1 saturated carbocycles. The fourth-order valence-corrected chi connectivity index (χ4v) is 5.83. The molecule has 5 aromatic rings. The number of fused-ring (bicyclic) bond motifs is 1. The van der Waals surface area contributed by atoms with Crippen molar-refractivity contribution in [3.05, 3.63) is 99.9 Å². The highest BCUT2D eigenvalue weighted by Crippen LogP contribution is 2.31. The monoisotopic (exact) mass is 549 g/mol. The summed E-state index contributed by atoms with van der Waals surface area (Å²) in [5.74, 6) is 1.06. The van der Waals surface area contributed by atoms with Crippen molar-refractivity contribution in [2.45, 2.75) is 70.6 Å². The Kier molecular flexibility index (Phi) is 7.69. The van der Waals surface area contributed by atoms with Crippen LogP contribution in [0.2, 0.25) is 0 Å². The van der Waals surface area contributed by atoms with E-state index in [2.05, 4.69) is 33.3 Å². The Morgan fingerprint density at radius 1 is 1.10 bits per heavy atom. The lowest BCUT2D eigenvalue weighted by atomic mass is 9.92. The van der Waals surface area contributed by atoms with Gasteiger partial charge < -0.3 is 9.15 Å². The van der Waals surface area contributed by atoms with Gasteiger partial charge in [-0.1, -0.05) is 55.8 Å². The summed E-state index contributed by atoms with van der Waals surface area (Å²) in [6, 6.07) is 18.0. The highest BCUT2D eigenvalue weighted by atomic mass is 16.5. The minimum absolute atomic E-state index is 0.00285. The van der Waals surface area contributed by atoms with Crippen molar-refractivity contribution in [2.75, 3.05) is 0 Å². The van der Waals surface area contributed by atoms with Gasteiger partial charge in [0.05, 0.1) is 23.4 Å². The smallest absolute Gasteiger partial charge is 0.259 e. The number of aromatic nitrogens is 6. The Morgan fingerprint density at radius 2 is 1.90 bits per heavy atom. The standard InChI is InChI=1S/C31H31N7O3/c1-2-5-28-27(16-21-8-10-22(11-9-21)26-7-4-3-6-23(26)17-32)30(39)37(31-33-19-35-38(28)31)24-12-14-25(15-13-24)40-18-29-36-34-20-41-29/h3-4,6-11,19-20,24-25H,2,5,12-16,18H2,1H3/t24-,25-. The van der Waals surface area contributed by atoms with Crippen LogP contribution in [-0.2, 0) is 24.2 Å². The van der Waals surface area contributed by atoms with Gasteiger partial charge in [0.1, 0.15) is 12.9 Å². The third kappa shape index (κ3) is 5.41. The summed E-state index contributed by atoms with van der Waals surface area (Å²) >= 11 is 0. The molecular weight excluding hydrogens is 518 g/mol. The van der Waals surface area contributed by atoms with Crippen molar-refractivity contribution in [1.29, 1.82) is 5.26 Å². The molecule has 3 aromatic heterocycles. The summed E-state index contributed by atoms with van der Waals surface area (Å²) in [5, 5.41) is 21.6. The third-order valence-electron chi connectivity index (χ3n) is 7.86. The minimum Gasteiger partial charge on any atom is -0.425 e. The predicted molar refractivity (Wildman–Crippen MR) is 151 cm³/mol. The van der Waals surface area contributed by atoms with Gasteiger partial charge in [-0.3, -0.25) is 9.36 Å². The average molecular weight is 550 g/mol. The van der Waals surface area contributed by atoms with E-state index in [9.17, 15) is 10.1 Å². The topological polar surface area (TPSA) is 124 Å². The van der Waals surface area contributed by atoms with Crippen LogP contribution in [0, 0.1) is 11.3 Å². The Labute approximate surface area is 237 Å². The molecule has 0 spiro atoms. The molecule has 2 aromatic carbocycles. The molecule has 6 rings (SSSR count). The van der Waals surface area contributed by atoms with Crippen molar-refractivity contribution >= 4 is 5.78 Å². The van der Waals surface area contributed by atoms with E-state index in [4.69, 9.17) is 9.15 Å². The molecular formula is C31H31N7O3. The normalized spacial score (nSPS) is 17.1. The molecule has 208 valence electrons. The second-order valence-electron chi connectivity index (χ2n) is 10.4.